The summed E-state index contributed by atoms with van der Waals surface area (Å²) in [6.45, 7) is 46.3. The van der Waals surface area contributed by atoms with E-state index < -0.39 is 36.5 Å². The second kappa shape index (κ2) is 19.6. The van der Waals surface area contributed by atoms with Crippen LogP contribution in [-0.4, -0.2) is 60.3 Å². The van der Waals surface area contributed by atoms with Crippen molar-refractivity contribution in [2.75, 3.05) is 0 Å². The Balaban J connectivity index is 3.26. The van der Waals surface area contributed by atoms with Crippen LogP contribution in [0.5, 0.6) is 0 Å². The maximum Gasteiger partial charge on any atom is 0.192 e. The number of carbonyl (C=O) groups excluding carboxylic acids is 2. The van der Waals surface area contributed by atoms with E-state index in [9.17, 15) is 9.59 Å². The fraction of sp³-hybridized carbons (Fsp3) is 0.795. The molecule has 0 aliphatic heterocycles. The minimum absolute atomic E-state index is 0.00400. The molecule has 6 nitrogen and oxygen atoms in total. The van der Waals surface area contributed by atoms with Gasteiger partial charge >= 0.3 is 0 Å². The molecule has 0 bridgehead atoms. The van der Waals surface area contributed by atoms with Crippen molar-refractivity contribution in [1.29, 1.82) is 0 Å². The molecule has 0 unspecified atom stereocenters. The number of hydrogen-bond donors (Lipinski definition) is 0. The first-order valence-corrected chi connectivity index (χ1v) is 30.1. The Morgan fingerprint density at radius 3 is 1.76 bits per heavy atom. The summed E-state index contributed by atoms with van der Waals surface area (Å²) in [6, 6.07) is 0. The third kappa shape index (κ3) is 14.4. The molecule has 0 amide bonds. The molecule has 54 heavy (non-hydrogen) atoms. The number of aryl methyl sites for hydroxylation is 1. The third-order valence-corrected chi connectivity index (χ3v) is 27.2. The van der Waals surface area contributed by atoms with Gasteiger partial charge < -0.3 is 18.1 Å². The van der Waals surface area contributed by atoms with Crippen LogP contribution in [0, 0.1) is 24.2 Å². The summed E-state index contributed by atoms with van der Waals surface area (Å²) in [5.41, 5.74) is 1.37. The first-order valence-electron chi connectivity index (χ1n) is 20.5. The van der Waals surface area contributed by atoms with Gasteiger partial charge in [-0.3, -0.25) is 4.79 Å². The molecule has 0 N–H and O–H groups in total. The van der Waals surface area contributed by atoms with E-state index in [-0.39, 0.29) is 51.4 Å². The van der Waals surface area contributed by atoms with Crippen LogP contribution in [-0.2, 0) is 22.9 Å². The lowest BCUT2D eigenvalue weighted by atomic mass is 9.73. The van der Waals surface area contributed by atoms with Crippen LogP contribution in [0.15, 0.2) is 23.1 Å². The number of carbonyl (C=O) groups is 2. The average Bonchev–Trinajstić information content (AvgIpc) is 3.41. The van der Waals surface area contributed by atoms with E-state index in [2.05, 4.69) is 144 Å². The molecule has 0 saturated carbocycles. The van der Waals surface area contributed by atoms with Gasteiger partial charge in [0, 0.05) is 23.1 Å². The second-order valence-electron chi connectivity index (χ2n) is 21.1. The van der Waals surface area contributed by atoms with Gasteiger partial charge in [-0.25, -0.2) is 4.98 Å². The van der Waals surface area contributed by atoms with Gasteiger partial charge in [0.1, 0.15) is 12.1 Å². The lowest BCUT2D eigenvalue weighted by Crippen LogP contribution is -2.54. The second-order valence-corrected chi connectivity index (χ2v) is 36.5. The number of rotatable bonds is 21. The summed E-state index contributed by atoms with van der Waals surface area (Å²) >= 11 is 1.68. The smallest absolute Gasteiger partial charge is 0.192 e. The summed E-state index contributed by atoms with van der Waals surface area (Å²) in [5.74, 6) is -0.0524. The minimum atomic E-state index is -2.24. The lowest BCUT2D eigenvalue weighted by Gasteiger charge is -2.46. The molecule has 312 valence electrons. The quantitative estimate of drug-likeness (QED) is 0.0532. The summed E-state index contributed by atoms with van der Waals surface area (Å²) in [4.78, 5) is 31.3. The van der Waals surface area contributed by atoms with Gasteiger partial charge in [0.15, 0.2) is 25.0 Å². The Morgan fingerprint density at radius 2 is 1.30 bits per heavy atom. The molecule has 10 heteroatoms. The van der Waals surface area contributed by atoms with E-state index in [0.29, 0.717) is 0 Å². The molecule has 0 aliphatic rings. The van der Waals surface area contributed by atoms with Gasteiger partial charge in [-0.15, -0.1) is 11.3 Å². The molecule has 0 aromatic carbocycles. The molecule has 1 heterocycles. The molecule has 0 fully saturated rings. The van der Waals surface area contributed by atoms with Gasteiger partial charge in [-0.05, 0) is 111 Å². The number of hydrogen-bond acceptors (Lipinski definition) is 7. The largest absolute Gasteiger partial charge is 0.413 e. The average molecular weight is 822 g/mol. The Labute approximate surface area is 340 Å². The fourth-order valence-corrected chi connectivity index (χ4v) is 10.8. The molecule has 0 aliphatic carbocycles. The van der Waals surface area contributed by atoms with Crippen molar-refractivity contribution >= 4 is 54.4 Å². The van der Waals surface area contributed by atoms with Gasteiger partial charge in [-0.1, -0.05) is 102 Å². The molecular formula is C44H83NO5SSi3. The molecule has 5 atom stereocenters. The lowest BCUT2D eigenvalue weighted by molar-refractivity contribution is -0.141. The van der Waals surface area contributed by atoms with Crippen LogP contribution >= 0.6 is 11.3 Å². The maximum atomic E-state index is 14.6. The van der Waals surface area contributed by atoms with Crippen LogP contribution in [0.25, 0.3) is 6.08 Å². The maximum absolute atomic E-state index is 14.6. The highest BCUT2D eigenvalue weighted by atomic mass is 32.1. The van der Waals surface area contributed by atoms with Gasteiger partial charge in [0.25, 0.3) is 0 Å². The van der Waals surface area contributed by atoms with Crippen molar-refractivity contribution in [3.05, 3.63) is 33.8 Å². The zero-order valence-electron chi connectivity index (χ0n) is 38.7. The predicted octanol–water partition coefficient (Wildman–Crippen LogP) is 13.6. The Kier molecular flexibility index (Phi) is 18.5. The number of thiazole rings is 1. The highest BCUT2D eigenvalue weighted by Gasteiger charge is 2.49. The number of aldehydes is 1. The zero-order valence-corrected chi connectivity index (χ0v) is 42.5. The summed E-state index contributed by atoms with van der Waals surface area (Å²) in [7, 11) is -6.45. The normalized spacial score (nSPS) is 17.4. The van der Waals surface area contributed by atoms with E-state index in [1.54, 1.807) is 11.3 Å². The number of Topliss-reactive ketones (excluding diaryl/α,β-unsaturated/α-hetero) is 1. The van der Waals surface area contributed by atoms with E-state index in [1.807, 2.05) is 27.7 Å². The number of unbranched alkanes of at least 4 members (excludes halogenated alkanes) is 1. The van der Waals surface area contributed by atoms with Crippen molar-refractivity contribution in [3.63, 3.8) is 0 Å². The summed E-state index contributed by atoms with van der Waals surface area (Å²) in [5, 5.41) is 3.27. The Morgan fingerprint density at radius 1 is 0.796 bits per heavy atom. The summed E-state index contributed by atoms with van der Waals surface area (Å²) < 4.78 is 21.0. The van der Waals surface area contributed by atoms with E-state index in [0.717, 1.165) is 42.7 Å². The fourth-order valence-electron chi connectivity index (χ4n) is 5.92. The van der Waals surface area contributed by atoms with Crippen LogP contribution in [0.1, 0.15) is 140 Å². The van der Waals surface area contributed by atoms with Crippen LogP contribution in [0.2, 0.25) is 54.4 Å². The number of allylic oxidation sites excluding steroid dienone is 1. The molecule has 1 rings (SSSR count). The first-order chi connectivity index (χ1) is 24.2. The van der Waals surface area contributed by atoms with Crippen LogP contribution in [0.4, 0.5) is 0 Å². The SMILES string of the molecule is C/C(=C\c1csc(C)n1)[C@H](C/C=C\CCC[C@H](C)[C@H](O[Si](C)(C)C(C)(C)C)[C@@H](C)C(=O)C(C)(C)[C@H](CC=O)O[Si](C)(C)C(C)(C)C)O[Si](C)(C)C(C)(C)C. The highest BCUT2D eigenvalue weighted by Crippen LogP contribution is 2.44. The van der Waals surface area contributed by atoms with Crippen molar-refractivity contribution < 1.29 is 22.9 Å². The van der Waals surface area contributed by atoms with Gasteiger partial charge in [-0.2, -0.15) is 0 Å². The van der Waals surface area contributed by atoms with Crippen LogP contribution < -0.4 is 0 Å². The van der Waals surface area contributed by atoms with E-state index in [1.165, 1.54) is 5.57 Å². The first kappa shape index (κ1) is 51.0. The van der Waals surface area contributed by atoms with Crippen molar-refractivity contribution in [2.24, 2.45) is 17.3 Å². The molecule has 1 aromatic rings. The van der Waals surface area contributed by atoms with E-state index >= 15 is 0 Å². The number of ketones is 1. The molecule has 0 spiro atoms. The number of aromatic nitrogens is 1. The Hall–Kier alpha value is -1.02. The Bertz CT molecular complexity index is 1410. The molecule has 0 saturated heterocycles. The molecule has 0 radical (unpaired) electrons. The third-order valence-electron chi connectivity index (χ3n) is 13.0. The predicted molar refractivity (Wildman–Crippen MR) is 242 cm³/mol. The standard InChI is InChI=1S/C44H83NO5SSi3/c1-32(26-24-22-23-25-27-37(48-52(16,17)41(5,6)7)33(2)30-36-31-51-35(4)45-36)39(50-54(20,21)43(11,12)13)34(3)40(47)44(14,15)38(28-29-46)49-53(18,19)42(8,9)10/h23,25,29-32,34,37-39H,22,24,26-28H2,1-21H3/b25-23-,33-30+/t32-,34+,37-,38-,39-/m0/s1. The summed E-state index contributed by atoms with van der Waals surface area (Å²) in [6.07, 6.45) is 10.9. The van der Waals surface area contributed by atoms with Crippen molar-refractivity contribution in [3.8, 4) is 0 Å². The van der Waals surface area contributed by atoms with Crippen molar-refractivity contribution in [1.82, 2.24) is 4.98 Å². The monoisotopic (exact) mass is 822 g/mol. The van der Waals surface area contributed by atoms with Gasteiger partial charge in [0.2, 0.25) is 0 Å². The minimum Gasteiger partial charge on any atom is -0.413 e. The zero-order chi connectivity index (χ0) is 42.3. The molecular weight excluding hydrogens is 739 g/mol. The highest BCUT2D eigenvalue weighted by molar-refractivity contribution is 7.09. The topological polar surface area (TPSA) is 74.7 Å². The van der Waals surface area contributed by atoms with Crippen LogP contribution in [0.3, 0.4) is 0 Å². The molecule has 1 aromatic heterocycles. The number of nitrogens with zero attached hydrogens (tertiary/aromatic N) is 1. The van der Waals surface area contributed by atoms with Gasteiger partial charge in [0.05, 0.1) is 29.0 Å². The van der Waals surface area contributed by atoms with E-state index in [4.69, 9.17) is 13.3 Å². The van der Waals surface area contributed by atoms with Crippen molar-refractivity contribution in [2.45, 2.75) is 209 Å².